The van der Waals surface area contributed by atoms with E-state index in [9.17, 15) is 0 Å². The van der Waals surface area contributed by atoms with Crippen molar-refractivity contribution in [1.82, 2.24) is 15.1 Å². The van der Waals surface area contributed by atoms with Crippen LogP contribution in [0.5, 0.6) is 0 Å². The Bertz CT molecular complexity index is 918. The van der Waals surface area contributed by atoms with E-state index < -0.39 is 0 Å². The van der Waals surface area contributed by atoms with Gasteiger partial charge in [0, 0.05) is 35.7 Å². The molecule has 2 heterocycles. The molecule has 2 aromatic carbocycles. The van der Waals surface area contributed by atoms with Crippen molar-refractivity contribution in [2.24, 2.45) is 5.73 Å². The molecular weight excluding hydrogens is 320 g/mol. The van der Waals surface area contributed by atoms with Gasteiger partial charge < -0.3 is 5.73 Å². The molecule has 5 rings (SSSR count). The van der Waals surface area contributed by atoms with Gasteiger partial charge in [0.05, 0.1) is 11.4 Å². The zero-order valence-corrected chi connectivity index (χ0v) is 14.9. The topological polar surface area (TPSA) is 57.9 Å². The number of benzene rings is 2. The lowest BCUT2D eigenvalue weighted by atomic mass is 10.0. The minimum atomic E-state index is 0.388. The Kier molecular flexibility index (Phi) is 3.88. The van der Waals surface area contributed by atoms with Gasteiger partial charge in [0.1, 0.15) is 0 Å². The van der Waals surface area contributed by atoms with Crippen LogP contribution < -0.4 is 5.73 Å². The zero-order valence-electron chi connectivity index (χ0n) is 14.9. The smallest absolute Gasteiger partial charge is 0.0962 e. The summed E-state index contributed by atoms with van der Waals surface area (Å²) in [7, 11) is 0. The lowest BCUT2D eigenvalue weighted by Gasteiger charge is -2.30. The van der Waals surface area contributed by atoms with Gasteiger partial charge in [-0.2, -0.15) is 5.10 Å². The number of nitrogens with one attached hydrogen (secondary N) is 1. The van der Waals surface area contributed by atoms with Crippen LogP contribution in [0.25, 0.3) is 22.5 Å². The molecule has 132 valence electrons. The number of aromatic nitrogens is 2. The predicted molar refractivity (Wildman–Crippen MR) is 105 cm³/mol. The van der Waals surface area contributed by atoms with Gasteiger partial charge in [-0.3, -0.25) is 10.00 Å². The first-order chi connectivity index (χ1) is 12.8. The standard InChI is InChI=1S/C22H24N4/c23-18-9-11-26(12-10-18)14-15-5-7-16(8-6-15)21-20-13-17-3-1-2-4-19(17)22(20)25-24-21/h1-8,18H,9-14,23H2,(H,24,25). The first-order valence-corrected chi connectivity index (χ1v) is 9.51. The van der Waals surface area contributed by atoms with E-state index in [0.717, 1.165) is 44.6 Å². The highest BCUT2D eigenvalue weighted by Gasteiger charge is 2.24. The maximum absolute atomic E-state index is 6.00. The van der Waals surface area contributed by atoms with Crippen LogP contribution in [0.1, 0.15) is 29.5 Å². The van der Waals surface area contributed by atoms with E-state index in [1.54, 1.807) is 0 Å². The van der Waals surface area contributed by atoms with Crippen molar-refractivity contribution in [1.29, 1.82) is 0 Å². The van der Waals surface area contributed by atoms with Crippen LogP contribution in [0.2, 0.25) is 0 Å². The first-order valence-electron chi connectivity index (χ1n) is 9.51. The van der Waals surface area contributed by atoms with Gasteiger partial charge in [0.25, 0.3) is 0 Å². The number of likely N-dealkylation sites (tertiary alicyclic amines) is 1. The van der Waals surface area contributed by atoms with E-state index in [-0.39, 0.29) is 0 Å². The molecule has 0 bridgehead atoms. The predicted octanol–water partition coefficient (Wildman–Crippen LogP) is 3.57. The molecule has 0 atom stereocenters. The van der Waals surface area contributed by atoms with Crippen molar-refractivity contribution < 1.29 is 0 Å². The second-order valence-electron chi connectivity index (χ2n) is 7.57. The monoisotopic (exact) mass is 344 g/mol. The second-order valence-corrected chi connectivity index (χ2v) is 7.57. The highest BCUT2D eigenvalue weighted by molar-refractivity contribution is 5.80. The van der Waals surface area contributed by atoms with Crippen molar-refractivity contribution in [3.05, 3.63) is 65.2 Å². The van der Waals surface area contributed by atoms with E-state index in [4.69, 9.17) is 5.73 Å². The molecule has 0 radical (unpaired) electrons. The van der Waals surface area contributed by atoms with Gasteiger partial charge in [-0.1, -0.05) is 48.5 Å². The largest absolute Gasteiger partial charge is 0.328 e. The van der Waals surface area contributed by atoms with E-state index in [0.29, 0.717) is 6.04 Å². The molecule has 4 nitrogen and oxygen atoms in total. The summed E-state index contributed by atoms with van der Waals surface area (Å²) in [6.45, 7) is 3.22. The molecule has 0 unspecified atom stereocenters. The summed E-state index contributed by atoms with van der Waals surface area (Å²) in [5, 5.41) is 7.87. The maximum Gasteiger partial charge on any atom is 0.0962 e. The molecule has 1 aromatic heterocycles. The molecule has 1 fully saturated rings. The van der Waals surface area contributed by atoms with Crippen molar-refractivity contribution in [3.63, 3.8) is 0 Å². The number of nitrogens with two attached hydrogens (primary N) is 1. The zero-order chi connectivity index (χ0) is 17.5. The van der Waals surface area contributed by atoms with E-state index in [1.165, 1.54) is 33.5 Å². The summed E-state index contributed by atoms with van der Waals surface area (Å²) in [5.74, 6) is 0. The molecule has 0 spiro atoms. The quantitative estimate of drug-likeness (QED) is 0.597. The van der Waals surface area contributed by atoms with Crippen molar-refractivity contribution in [3.8, 4) is 22.5 Å². The average Bonchev–Trinajstić information content (AvgIpc) is 3.24. The lowest BCUT2D eigenvalue weighted by molar-refractivity contribution is 0.205. The second kappa shape index (κ2) is 6.38. The minimum Gasteiger partial charge on any atom is -0.328 e. The number of piperidine rings is 1. The van der Waals surface area contributed by atoms with Gasteiger partial charge in [-0.05, 0) is 37.1 Å². The SMILES string of the molecule is NC1CCN(Cc2ccc(-c3n[nH]c4c3Cc3ccccc3-4)cc2)CC1. The lowest BCUT2D eigenvalue weighted by Crippen LogP contribution is -2.39. The molecule has 0 saturated carbocycles. The van der Waals surface area contributed by atoms with Crippen molar-refractivity contribution in [2.45, 2.75) is 31.8 Å². The molecule has 4 heteroatoms. The van der Waals surface area contributed by atoms with Gasteiger partial charge in [-0.25, -0.2) is 0 Å². The molecule has 2 aliphatic rings. The summed E-state index contributed by atoms with van der Waals surface area (Å²) < 4.78 is 0. The molecule has 3 N–H and O–H groups in total. The fourth-order valence-corrected chi connectivity index (χ4v) is 4.24. The fraction of sp³-hybridized carbons (Fsp3) is 0.318. The number of fused-ring (bicyclic) bond motifs is 3. The molecule has 1 saturated heterocycles. The van der Waals surface area contributed by atoms with E-state index in [1.807, 2.05) is 0 Å². The normalized spacial score (nSPS) is 17.3. The van der Waals surface area contributed by atoms with E-state index in [2.05, 4.69) is 63.6 Å². The summed E-state index contributed by atoms with van der Waals surface area (Å²) >= 11 is 0. The summed E-state index contributed by atoms with van der Waals surface area (Å²) in [6, 6.07) is 17.9. The highest BCUT2D eigenvalue weighted by Crippen LogP contribution is 2.39. The number of aromatic amines is 1. The Labute approximate surface area is 154 Å². The first kappa shape index (κ1) is 15.8. The van der Waals surface area contributed by atoms with Gasteiger partial charge in [0.2, 0.25) is 0 Å². The van der Waals surface area contributed by atoms with Crippen LogP contribution in [0.4, 0.5) is 0 Å². The molecule has 26 heavy (non-hydrogen) atoms. The Hall–Kier alpha value is -2.43. The minimum absolute atomic E-state index is 0.388. The third-order valence-electron chi connectivity index (χ3n) is 5.79. The molecule has 0 amide bonds. The van der Waals surface area contributed by atoms with Crippen LogP contribution >= 0.6 is 0 Å². The Morgan fingerprint density at radius 1 is 1.04 bits per heavy atom. The van der Waals surface area contributed by atoms with E-state index >= 15 is 0 Å². The van der Waals surface area contributed by atoms with Crippen LogP contribution in [0.3, 0.4) is 0 Å². The van der Waals surface area contributed by atoms with Crippen molar-refractivity contribution >= 4 is 0 Å². The van der Waals surface area contributed by atoms with Crippen LogP contribution in [-0.2, 0) is 13.0 Å². The maximum atomic E-state index is 6.00. The Morgan fingerprint density at radius 3 is 2.62 bits per heavy atom. The Balaban J connectivity index is 1.35. The van der Waals surface area contributed by atoms with Crippen molar-refractivity contribution in [2.75, 3.05) is 13.1 Å². The fourth-order valence-electron chi connectivity index (χ4n) is 4.24. The summed E-state index contributed by atoms with van der Waals surface area (Å²) in [6.07, 6.45) is 3.18. The van der Waals surface area contributed by atoms with Gasteiger partial charge in [-0.15, -0.1) is 0 Å². The molecule has 1 aliphatic carbocycles. The third kappa shape index (κ3) is 2.75. The number of hydrogen-bond acceptors (Lipinski definition) is 3. The average molecular weight is 344 g/mol. The number of H-pyrrole nitrogens is 1. The molecule has 3 aromatic rings. The number of rotatable bonds is 3. The van der Waals surface area contributed by atoms with Crippen LogP contribution in [0.15, 0.2) is 48.5 Å². The van der Waals surface area contributed by atoms with Crippen LogP contribution in [-0.4, -0.2) is 34.2 Å². The summed E-state index contributed by atoms with van der Waals surface area (Å²) in [4.78, 5) is 2.50. The molecule has 1 aliphatic heterocycles. The third-order valence-corrected chi connectivity index (χ3v) is 5.79. The van der Waals surface area contributed by atoms with Gasteiger partial charge >= 0.3 is 0 Å². The molecular formula is C22H24N4. The van der Waals surface area contributed by atoms with Crippen LogP contribution in [0, 0.1) is 0 Å². The van der Waals surface area contributed by atoms with Gasteiger partial charge in [0.15, 0.2) is 0 Å². The summed E-state index contributed by atoms with van der Waals surface area (Å²) in [5.41, 5.74) is 14.8. The highest BCUT2D eigenvalue weighted by atomic mass is 15.1. The Morgan fingerprint density at radius 2 is 1.81 bits per heavy atom. The number of nitrogens with zero attached hydrogens (tertiary/aromatic N) is 2. The number of hydrogen-bond donors (Lipinski definition) is 2.